The molecule has 0 spiro atoms. The summed E-state index contributed by atoms with van der Waals surface area (Å²) in [4.78, 5) is 5.44. The van der Waals surface area contributed by atoms with Crippen LogP contribution in [0, 0.1) is 0 Å². The Bertz CT molecular complexity index is 892. The number of hydrogen-bond acceptors (Lipinski definition) is 4. The normalized spacial score (nSPS) is 11.6. The zero-order valence-corrected chi connectivity index (χ0v) is 15.8. The Kier molecular flexibility index (Phi) is 6.46. The molecule has 140 valence electrons. The lowest BCUT2D eigenvalue weighted by Crippen LogP contribution is -2.14. The Morgan fingerprint density at radius 1 is 1.15 bits per heavy atom. The summed E-state index contributed by atoms with van der Waals surface area (Å²) in [5.41, 5.74) is 9.40. The van der Waals surface area contributed by atoms with E-state index in [2.05, 4.69) is 5.16 Å². The summed E-state index contributed by atoms with van der Waals surface area (Å²) in [5.74, 6) is 0.389. The first-order valence-electron chi connectivity index (χ1n) is 8.50. The molecule has 3 aromatic rings. The molecule has 0 saturated carbocycles. The first-order chi connectivity index (χ1) is 13.2. The first kappa shape index (κ1) is 18.9. The molecule has 0 radical (unpaired) electrons. The molecule has 0 saturated heterocycles. The maximum atomic E-state index is 6.01. The number of amidine groups is 1. The van der Waals surface area contributed by atoms with Gasteiger partial charge in [0.05, 0.1) is 18.0 Å². The van der Waals surface area contributed by atoms with Gasteiger partial charge in [-0.05, 0) is 24.3 Å². The Morgan fingerprint density at radius 3 is 2.59 bits per heavy atom. The third-order valence-electron chi connectivity index (χ3n) is 3.89. The average Bonchev–Trinajstić information content (AvgIpc) is 3.12. The van der Waals surface area contributed by atoms with Crippen molar-refractivity contribution in [3.8, 4) is 16.9 Å². The van der Waals surface area contributed by atoms with Crippen LogP contribution >= 0.6 is 11.6 Å². The second kappa shape index (κ2) is 9.21. The van der Waals surface area contributed by atoms with Crippen molar-refractivity contribution in [2.75, 3.05) is 13.7 Å². The van der Waals surface area contributed by atoms with E-state index in [1.807, 2.05) is 65.5 Å². The molecule has 0 unspecified atom stereocenters. The number of benzene rings is 2. The highest BCUT2D eigenvalue weighted by Crippen LogP contribution is 2.26. The molecule has 0 aliphatic rings. The van der Waals surface area contributed by atoms with Crippen molar-refractivity contribution >= 4 is 17.4 Å². The minimum Gasteiger partial charge on any atom is -0.389 e. The number of nitrogens with two attached hydrogens (primary N) is 1. The van der Waals surface area contributed by atoms with Gasteiger partial charge in [0.25, 0.3) is 0 Å². The molecule has 1 heterocycles. The quantitative estimate of drug-likeness (QED) is 0.361. The number of ether oxygens (including phenoxy) is 1. The molecule has 0 aliphatic heterocycles. The summed E-state index contributed by atoms with van der Waals surface area (Å²) in [6.07, 6.45) is 2.45. The summed E-state index contributed by atoms with van der Waals surface area (Å²) in [5, 5.41) is 9.34. The van der Waals surface area contributed by atoms with Gasteiger partial charge in [-0.25, -0.2) is 4.68 Å². The van der Waals surface area contributed by atoms with E-state index in [0.29, 0.717) is 23.9 Å². The smallest absolute Gasteiger partial charge is 0.146 e. The Labute approximate surface area is 163 Å². The van der Waals surface area contributed by atoms with Gasteiger partial charge < -0.3 is 15.3 Å². The highest BCUT2D eigenvalue weighted by atomic mass is 35.5. The maximum absolute atomic E-state index is 6.01. The van der Waals surface area contributed by atoms with Crippen LogP contribution in [0.1, 0.15) is 12.0 Å². The van der Waals surface area contributed by atoms with Crippen LogP contribution < -0.4 is 5.73 Å². The Balaban J connectivity index is 1.86. The zero-order chi connectivity index (χ0) is 19.1. The fourth-order valence-corrected chi connectivity index (χ4v) is 2.64. The van der Waals surface area contributed by atoms with Gasteiger partial charge in [0.1, 0.15) is 12.4 Å². The van der Waals surface area contributed by atoms with Crippen LogP contribution in [0.4, 0.5) is 0 Å². The van der Waals surface area contributed by atoms with Gasteiger partial charge in [-0.1, -0.05) is 47.1 Å². The number of para-hydroxylation sites is 1. The van der Waals surface area contributed by atoms with E-state index < -0.39 is 0 Å². The molecule has 2 N–H and O–H groups in total. The number of hydrogen-bond donors (Lipinski definition) is 1. The van der Waals surface area contributed by atoms with Crippen molar-refractivity contribution in [2.24, 2.45) is 10.9 Å². The predicted octanol–water partition coefficient (Wildman–Crippen LogP) is 4.02. The lowest BCUT2D eigenvalue weighted by molar-refractivity contribution is 0.128. The van der Waals surface area contributed by atoms with Gasteiger partial charge in [0.15, 0.2) is 0 Å². The van der Waals surface area contributed by atoms with Crippen molar-refractivity contribution in [3.63, 3.8) is 0 Å². The highest BCUT2D eigenvalue weighted by molar-refractivity contribution is 6.30. The van der Waals surface area contributed by atoms with Crippen molar-refractivity contribution < 1.29 is 9.57 Å². The summed E-state index contributed by atoms with van der Waals surface area (Å²) in [6, 6.07) is 17.4. The third kappa shape index (κ3) is 5.09. The van der Waals surface area contributed by atoms with E-state index in [9.17, 15) is 0 Å². The van der Waals surface area contributed by atoms with Crippen molar-refractivity contribution in [1.29, 1.82) is 0 Å². The molecule has 2 aromatic carbocycles. The van der Waals surface area contributed by atoms with Crippen molar-refractivity contribution in [3.05, 3.63) is 71.4 Å². The molecule has 6 nitrogen and oxygen atoms in total. The molecule has 0 atom stereocenters. The number of oxime groups is 1. The van der Waals surface area contributed by atoms with Crippen LogP contribution in [0.2, 0.25) is 5.02 Å². The number of nitrogens with zero attached hydrogens (tertiary/aromatic N) is 3. The molecule has 0 bridgehead atoms. The highest BCUT2D eigenvalue weighted by Gasteiger charge is 2.13. The van der Waals surface area contributed by atoms with E-state index in [1.165, 1.54) is 0 Å². The second-order valence-electron chi connectivity index (χ2n) is 5.89. The Hall–Kier alpha value is -2.83. The molecule has 1 aromatic heterocycles. The van der Waals surface area contributed by atoms with Crippen molar-refractivity contribution in [1.82, 2.24) is 9.78 Å². The minimum absolute atomic E-state index is 0.248. The van der Waals surface area contributed by atoms with Crippen LogP contribution in [0.5, 0.6) is 0 Å². The molecule has 27 heavy (non-hydrogen) atoms. The summed E-state index contributed by atoms with van der Waals surface area (Å²) in [6.45, 7) is 0.749. The largest absolute Gasteiger partial charge is 0.389 e. The average molecular weight is 385 g/mol. The lowest BCUT2D eigenvalue weighted by Gasteiger charge is -2.03. The fraction of sp³-hybridized carbons (Fsp3) is 0.200. The van der Waals surface area contributed by atoms with E-state index in [4.69, 9.17) is 32.0 Å². The van der Waals surface area contributed by atoms with E-state index in [-0.39, 0.29) is 6.61 Å². The van der Waals surface area contributed by atoms with Gasteiger partial charge in [0.2, 0.25) is 0 Å². The van der Waals surface area contributed by atoms with Gasteiger partial charge in [-0.3, -0.25) is 0 Å². The van der Waals surface area contributed by atoms with Crippen LogP contribution in [-0.2, 0) is 16.2 Å². The van der Waals surface area contributed by atoms with E-state index >= 15 is 0 Å². The lowest BCUT2D eigenvalue weighted by atomic mass is 10.1. The SMILES string of the molecule is COCC/C(N)=N/OCc1cn(-c2ccccc2)nc1-c1ccc(Cl)cc1. The van der Waals surface area contributed by atoms with E-state index in [1.54, 1.807) is 7.11 Å². The summed E-state index contributed by atoms with van der Waals surface area (Å²) < 4.78 is 6.80. The first-order valence-corrected chi connectivity index (χ1v) is 8.88. The van der Waals surface area contributed by atoms with Crippen LogP contribution in [0.25, 0.3) is 16.9 Å². The number of methoxy groups -OCH3 is 1. The molecule has 7 heteroatoms. The third-order valence-corrected chi connectivity index (χ3v) is 4.14. The number of rotatable bonds is 8. The maximum Gasteiger partial charge on any atom is 0.146 e. The monoisotopic (exact) mass is 384 g/mol. The van der Waals surface area contributed by atoms with Crippen LogP contribution in [-0.4, -0.2) is 29.3 Å². The Morgan fingerprint density at radius 2 is 1.89 bits per heavy atom. The zero-order valence-electron chi connectivity index (χ0n) is 15.0. The molecular formula is C20H21ClN4O2. The van der Waals surface area contributed by atoms with Gasteiger partial charge in [-0.15, -0.1) is 0 Å². The number of halogens is 1. The number of aromatic nitrogens is 2. The van der Waals surface area contributed by atoms with Crippen LogP contribution in [0.15, 0.2) is 65.9 Å². The molecule has 3 rings (SSSR count). The summed E-state index contributed by atoms with van der Waals surface area (Å²) >= 11 is 6.01. The molecular weight excluding hydrogens is 364 g/mol. The molecule has 0 aliphatic carbocycles. The van der Waals surface area contributed by atoms with Crippen LogP contribution in [0.3, 0.4) is 0 Å². The predicted molar refractivity (Wildman–Crippen MR) is 107 cm³/mol. The fourth-order valence-electron chi connectivity index (χ4n) is 2.52. The molecule has 0 amide bonds. The topological polar surface area (TPSA) is 74.7 Å². The standard InChI is InChI=1S/C20H21ClN4O2/c1-26-12-11-19(22)24-27-14-16-13-25(18-5-3-2-4-6-18)23-20(16)15-7-9-17(21)10-8-15/h2-10,13H,11-12,14H2,1H3,(H2,22,24). The van der Waals surface area contributed by atoms with Crippen molar-refractivity contribution in [2.45, 2.75) is 13.0 Å². The summed E-state index contributed by atoms with van der Waals surface area (Å²) in [7, 11) is 1.62. The van der Waals surface area contributed by atoms with Gasteiger partial charge >= 0.3 is 0 Å². The van der Waals surface area contributed by atoms with Gasteiger partial charge in [0, 0.05) is 35.9 Å². The van der Waals surface area contributed by atoms with Gasteiger partial charge in [-0.2, -0.15) is 5.10 Å². The van der Waals surface area contributed by atoms with E-state index in [0.717, 1.165) is 22.5 Å². The molecule has 0 fully saturated rings. The minimum atomic E-state index is 0.248. The second-order valence-corrected chi connectivity index (χ2v) is 6.33.